The molecule has 1 N–H and O–H groups in total. The van der Waals surface area contributed by atoms with Gasteiger partial charge in [0.1, 0.15) is 10.8 Å². The fraction of sp³-hybridized carbons (Fsp3) is 0.111. The van der Waals surface area contributed by atoms with Crippen LogP contribution < -0.4 is 5.76 Å². The Kier molecular flexibility index (Phi) is 3.54. The number of aromatic nitrogens is 2. The lowest BCUT2D eigenvalue weighted by Gasteiger charge is -2.04. The minimum Gasteiger partial charge on any atom is -0.408 e. The van der Waals surface area contributed by atoms with E-state index in [-0.39, 0.29) is 5.82 Å². The minimum atomic E-state index is -0.472. The third-order valence-corrected chi connectivity index (χ3v) is 4.78. The van der Waals surface area contributed by atoms with Crippen molar-refractivity contribution in [3.63, 3.8) is 0 Å². The predicted octanol–water partition coefficient (Wildman–Crippen LogP) is 4.61. The number of aryl methyl sites for hydroxylation is 1. The molecule has 0 spiro atoms. The van der Waals surface area contributed by atoms with E-state index in [9.17, 15) is 9.18 Å². The van der Waals surface area contributed by atoms with Gasteiger partial charge in [-0.1, -0.05) is 13.0 Å². The molecule has 0 aliphatic heterocycles. The van der Waals surface area contributed by atoms with Gasteiger partial charge >= 0.3 is 5.76 Å². The molecule has 0 unspecified atom stereocenters. The lowest BCUT2D eigenvalue weighted by atomic mass is 10.1. The topological polar surface area (TPSA) is 58.9 Å². The zero-order valence-electron chi connectivity index (χ0n) is 12.8. The molecule has 120 valence electrons. The molecule has 0 atom stereocenters. The Morgan fingerprint density at radius 2 is 2.12 bits per heavy atom. The Morgan fingerprint density at radius 1 is 1.25 bits per heavy atom. The van der Waals surface area contributed by atoms with Crippen molar-refractivity contribution in [1.29, 1.82) is 0 Å². The first-order valence-corrected chi connectivity index (χ1v) is 8.39. The number of H-pyrrole nitrogens is 1. The summed E-state index contributed by atoms with van der Waals surface area (Å²) < 4.78 is 18.5. The summed E-state index contributed by atoms with van der Waals surface area (Å²) in [6.07, 6.45) is 0.739. The number of aromatic amines is 1. The molecule has 0 radical (unpaired) electrons. The monoisotopic (exact) mass is 340 g/mol. The van der Waals surface area contributed by atoms with Crippen molar-refractivity contribution in [3.8, 4) is 21.8 Å². The molecule has 2 aromatic heterocycles. The summed E-state index contributed by atoms with van der Waals surface area (Å²) in [6, 6.07) is 10.2. The number of fused-ring (bicyclic) bond motifs is 1. The summed E-state index contributed by atoms with van der Waals surface area (Å²) in [5.41, 5.74) is 4.71. The van der Waals surface area contributed by atoms with Crippen molar-refractivity contribution >= 4 is 22.4 Å². The maximum absolute atomic E-state index is 13.4. The molecule has 0 aliphatic carbocycles. The first-order chi connectivity index (χ1) is 11.6. The van der Waals surface area contributed by atoms with Crippen molar-refractivity contribution in [3.05, 3.63) is 63.7 Å². The normalized spacial score (nSPS) is 11.2. The van der Waals surface area contributed by atoms with Crippen LogP contribution in [-0.4, -0.2) is 9.97 Å². The number of rotatable bonds is 3. The van der Waals surface area contributed by atoms with Gasteiger partial charge in [-0.05, 0) is 42.3 Å². The molecule has 6 heteroatoms. The van der Waals surface area contributed by atoms with Gasteiger partial charge in [-0.2, -0.15) is 0 Å². The number of thiazole rings is 1. The van der Waals surface area contributed by atoms with Gasteiger partial charge in [0.15, 0.2) is 5.58 Å². The summed E-state index contributed by atoms with van der Waals surface area (Å²) in [4.78, 5) is 18.5. The van der Waals surface area contributed by atoms with E-state index < -0.39 is 5.76 Å². The van der Waals surface area contributed by atoms with E-state index in [4.69, 9.17) is 4.42 Å². The first kappa shape index (κ1) is 14.8. The Balaban J connectivity index is 1.77. The van der Waals surface area contributed by atoms with E-state index >= 15 is 0 Å². The molecule has 0 amide bonds. The molecular weight excluding hydrogens is 327 g/mol. The van der Waals surface area contributed by atoms with Crippen molar-refractivity contribution in [2.75, 3.05) is 0 Å². The zero-order valence-corrected chi connectivity index (χ0v) is 13.6. The lowest BCUT2D eigenvalue weighted by molar-refractivity contribution is 0.555. The van der Waals surface area contributed by atoms with Crippen LogP contribution >= 0.6 is 11.3 Å². The maximum atomic E-state index is 13.4. The fourth-order valence-electron chi connectivity index (χ4n) is 2.70. The number of benzene rings is 2. The smallest absolute Gasteiger partial charge is 0.408 e. The average molecular weight is 340 g/mol. The highest BCUT2D eigenvalue weighted by Crippen LogP contribution is 2.32. The highest BCUT2D eigenvalue weighted by Gasteiger charge is 2.12. The second-order valence-electron chi connectivity index (χ2n) is 5.42. The van der Waals surface area contributed by atoms with Gasteiger partial charge in [0.25, 0.3) is 0 Å². The summed E-state index contributed by atoms with van der Waals surface area (Å²) in [6.45, 7) is 1.99. The Bertz CT molecular complexity index is 1090. The highest BCUT2D eigenvalue weighted by atomic mass is 32.1. The Hall–Kier alpha value is -2.73. The fourth-order valence-corrected chi connectivity index (χ4v) is 3.59. The third-order valence-electron chi connectivity index (χ3n) is 3.90. The van der Waals surface area contributed by atoms with E-state index in [1.807, 2.05) is 18.4 Å². The van der Waals surface area contributed by atoms with Gasteiger partial charge in [0.2, 0.25) is 0 Å². The van der Waals surface area contributed by atoms with Gasteiger partial charge < -0.3 is 4.42 Å². The summed E-state index contributed by atoms with van der Waals surface area (Å²) in [5.74, 6) is -0.708. The molecule has 0 bridgehead atoms. The van der Waals surface area contributed by atoms with Crippen LogP contribution in [0.25, 0.3) is 32.9 Å². The molecule has 2 aromatic carbocycles. The molecule has 0 fully saturated rings. The van der Waals surface area contributed by atoms with Crippen molar-refractivity contribution in [2.45, 2.75) is 13.3 Å². The average Bonchev–Trinajstić information content (AvgIpc) is 3.19. The molecule has 4 nitrogen and oxygen atoms in total. The highest BCUT2D eigenvalue weighted by molar-refractivity contribution is 7.13. The molecule has 4 rings (SSSR count). The van der Waals surface area contributed by atoms with Crippen molar-refractivity contribution < 1.29 is 8.81 Å². The third kappa shape index (κ3) is 2.55. The van der Waals surface area contributed by atoms with Crippen LogP contribution in [0.1, 0.15) is 12.5 Å². The van der Waals surface area contributed by atoms with Gasteiger partial charge in [-0.25, -0.2) is 14.2 Å². The van der Waals surface area contributed by atoms with Gasteiger partial charge in [-0.3, -0.25) is 4.98 Å². The number of hydrogen-bond acceptors (Lipinski definition) is 4. The first-order valence-electron chi connectivity index (χ1n) is 7.51. The number of nitrogens with one attached hydrogen (secondary N) is 1. The molecule has 24 heavy (non-hydrogen) atoms. The van der Waals surface area contributed by atoms with Crippen LogP contribution in [0.5, 0.6) is 0 Å². The van der Waals surface area contributed by atoms with E-state index in [2.05, 4.69) is 9.97 Å². The van der Waals surface area contributed by atoms with Crippen LogP contribution in [0.4, 0.5) is 4.39 Å². The molecule has 4 aromatic rings. The SMILES string of the molecule is CCc1cc(F)ccc1-c1nc(-c2ccc3[nH]c(=O)oc3c2)cs1. The maximum Gasteiger partial charge on any atom is 0.417 e. The predicted molar refractivity (Wildman–Crippen MR) is 92.7 cm³/mol. The quantitative estimate of drug-likeness (QED) is 0.592. The summed E-state index contributed by atoms with van der Waals surface area (Å²) in [7, 11) is 0. The van der Waals surface area contributed by atoms with Crippen LogP contribution in [0.15, 0.2) is 51.0 Å². The number of hydrogen-bond donors (Lipinski definition) is 1. The van der Waals surface area contributed by atoms with Crippen LogP contribution in [0.3, 0.4) is 0 Å². The van der Waals surface area contributed by atoms with Crippen molar-refractivity contribution in [1.82, 2.24) is 9.97 Å². The number of oxazole rings is 1. The van der Waals surface area contributed by atoms with E-state index in [0.717, 1.165) is 33.8 Å². The minimum absolute atomic E-state index is 0.236. The van der Waals surface area contributed by atoms with Crippen LogP contribution in [0, 0.1) is 5.82 Å². The van der Waals surface area contributed by atoms with Crippen molar-refractivity contribution in [2.24, 2.45) is 0 Å². The standard InChI is InChI=1S/C18H13FN2O2S/c1-2-10-7-12(19)4-5-13(10)17-20-15(9-24-17)11-3-6-14-16(8-11)23-18(22)21-14/h3-9H,2H2,1H3,(H,21,22). The second kappa shape index (κ2) is 5.72. The van der Waals surface area contributed by atoms with Gasteiger partial charge in [0.05, 0.1) is 11.2 Å². The lowest BCUT2D eigenvalue weighted by Crippen LogP contribution is -1.92. The van der Waals surface area contributed by atoms with Gasteiger partial charge in [0, 0.05) is 16.5 Å². The number of nitrogens with zero attached hydrogens (tertiary/aromatic N) is 1. The summed E-state index contributed by atoms with van der Waals surface area (Å²) in [5, 5.41) is 2.79. The second-order valence-corrected chi connectivity index (χ2v) is 6.28. The van der Waals surface area contributed by atoms with Crippen LogP contribution in [-0.2, 0) is 6.42 Å². The largest absolute Gasteiger partial charge is 0.417 e. The van der Waals surface area contributed by atoms with Crippen LogP contribution in [0.2, 0.25) is 0 Å². The van der Waals surface area contributed by atoms with E-state index in [1.54, 1.807) is 24.3 Å². The molecule has 0 saturated heterocycles. The number of halogens is 1. The van der Waals surface area contributed by atoms with E-state index in [0.29, 0.717) is 11.1 Å². The Labute approximate surface area is 140 Å². The zero-order chi connectivity index (χ0) is 16.7. The molecule has 2 heterocycles. The molecule has 0 saturated carbocycles. The van der Waals surface area contributed by atoms with E-state index in [1.165, 1.54) is 17.4 Å². The summed E-state index contributed by atoms with van der Waals surface area (Å²) >= 11 is 1.51. The van der Waals surface area contributed by atoms with Gasteiger partial charge in [-0.15, -0.1) is 11.3 Å². The Morgan fingerprint density at radius 3 is 2.96 bits per heavy atom. The molecule has 0 aliphatic rings. The molecular formula is C18H13FN2O2S.